The van der Waals surface area contributed by atoms with Gasteiger partial charge in [-0.15, -0.1) is 0 Å². The number of anilines is 2. The van der Waals surface area contributed by atoms with E-state index in [0.717, 1.165) is 0 Å². The van der Waals surface area contributed by atoms with Gasteiger partial charge in [0.25, 0.3) is 11.5 Å². The molecule has 10 nitrogen and oxygen atoms in total. The van der Waals surface area contributed by atoms with E-state index >= 15 is 0 Å². The van der Waals surface area contributed by atoms with Crippen molar-refractivity contribution >= 4 is 34.4 Å². The highest BCUT2D eigenvalue weighted by molar-refractivity contribution is 5.97. The Labute approximate surface area is 199 Å². The lowest BCUT2D eigenvalue weighted by molar-refractivity contribution is -0.118. The van der Waals surface area contributed by atoms with E-state index in [4.69, 9.17) is 9.47 Å². The van der Waals surface area contributed by atoms with Crippen molar-refractivity contribution in [3.63, 3.8) is 0 Å². The number of fused-ring (bicyclic) bond motifs is 2. The highest BCUT2D eigenvalue weighted by Crippen LogP contribution is 2.33. The lowest BCUT2D eigenvalue weighted by Crippen LogP contribution is -2.31. The maximum atomic E-state index is 14.5. The number of hydrogen-bond donors (Lipinski definition) is 2. The van der Waals surface area contributed by atoms with Gasteiger partial charge in [-0.25, -0.2) is 9.18 Å². The summed E-state index contributed by atoms with van der Waals surface area (Å²) in [5.41, 5.74) is 2.44. The van der Waals surface area contributed by atoms with Crippen molar-refractivity contribution in [1.82, 2.24) is 14.9 Å². The highest BCUT2D eigenvalue weighted by atomic mass is 19.1. The number of carbonyl (C=O) groups excluding carboxylic acids is 2. The molecule has 0 saturated carbocycles. The Morgan fingerprint density at radius 1 is 1.23 bits per heavy atom. The number of hydrogen-bond acceptors (Lipinski definition) is 7. The molecule has 1 aromatic carbocycles. The van der Waals surface area contributed by atoms with Gasteiger partial charge in [0.2, 0.25) is 0 Å². The van der Waals surface area contributed by atoms with E-state index in [1.807, 2.05) is 0 Å². The quantitative estimate of drug-likeness (QED) is 0.496. The minimum atomic E-state index is -0.467. The van der Waals surface area contributed by atoms with Crippen molar-refractivity contribution in [2.45, 2.75) is 18.9 Å². The molecule has 0 spiro atoms. The SMILES string of the molecule is Cn1c(=O)ccc2ncc(F)c(CCCNC[C@H]3CN(c4ccc5c(c4)NC(=O)CO5)C(=O)O3)c21. The first-order valence-corrected chi connectivity index (χ1v) is 11.3. The van der Waals surface area contributed by atoms with Crippen LogP contribution in [-0.4, -0.2) is 53.9 Å². The van der Waals surface area contributed by atoms with Crippen LogP contribution in [0.4, 0.5) is 20.6 Å². The average Bonchev–Trinajstić information content (AvgIpc) is 3.22. The number of halogens is 1. The molecule has 0 bridgehead atoms. The van der Waals surface area contributed by atoms with Crippen LogP contribution in [0.15, 0.2) is 41.3 Å². The minimum absolute atomic E-state index is 0.0337. The van der Waals surface area contributed by atoms with Gasteiger partial charge >= 0.3 is 6.09 Å². The van der Waals surface area contributed by atoms with Gasteiger partial charge in [0.15, 0.2) is 6.61 Å². The van der Waals surface area contributed by atoms with Gasteiger partial charge in [0.05, 0.1) is 29.5 Å². The van der Waals surface area contributed by atoms with Crippen LogP contribution in [-0.2, 0) is 23.0 Å². The third-order valence-corrected chi connectivity index (χ3v) is 6.12. The van der Waals surface area contributed by atoms with Crippen LogP contribution in [0.1, 0.15) is 12.0 Å². The van der Waals surface area contributed by atoms with E-state index in [1.165, 1.54) is 21.7 Å². The first kappa shape index (κ1) is 22.8. The Morgan fingerprint density at radius 2 is 2.09 bits per heavy atom. The second kappa shape index (κ2) is 9.34. The molecule has 1 atom stereocenters. The number of aromatic nitrogens is 2. The topological polar surface area (TPSA) is 115 Å². The van der Waals surface area contributed by atoms with Gasteiger partial charge in [0.1, 0.15) is 17.7 Å². The molecule has 11 heteroatoms. The van der Waals surface area contributed by atoms with Crippen LogP contribution in [0.5, 0.6) is 5.75 Å². The maximum absolute atomic E-state index is 14.5. The summed E-state index contributed by atoms with van der Waals surface area (Å²) in [4.78, 5) is 41.5. The summed E-state index contributed by atoms with van der Waals surface area (Å²) in [5, 5.41) is 5.98. The second-order valence-electron chi connectivity index (χ2n) is 8.49. The molecule has 2 N–H and O–H groups in total. The normalized spacial score (nSPS) is 17.2. The van der Waals surface area contributed by atoms with E-state index in [-0.39, 0.29) is 24.2 Å². The zero-order chi connectivity index (χ0) is 24.5. The van der Waals surface area contributed by atoms with E-state index in [0.29, 0.717) is 66.2 Å². The largest absolute Gasteiger partial charge is 0.482 e. The highest BCUT2D eigenvalue weighted by Gasteiger charge is 2.32. The zero-order valence-corrected chi connectivity index (χ0v) is 19.0. The fourth-order valence-electron chi connectivity index (χ4n) is 4.37. The first-order chi connectivity index (χ1) is 16.9. The predicted octanol–water partition coefficient (Wildman–Crippen LogP) is 1.95. The van der Waals surface area contributed by atoms with Crippen molar-refractivity contribution in [3.05, 3.63) is 58.3 Å². The van der Waals surface area contributed by atoms with Crippen LogP contribution in [0.3, 0.4) is 0 Å². The van der Waals surface area contributed by atoms with Crippen LogP contribution >= 0.6 is 0 Å². The molecule has 1 saturated heterocycles. The number of amides is 2. The number of rotatable bonds is 7. The molecule has 3 aromatic rings. The van der Waals surface area contributed by atoms with Gasteiger partial charge < -0.3 is 24.7 Å². The molecule has 2 aliphatic heterocycles. The zero-order valence-electron chi connectivity index (χ0n) is 19.0. The van der Waals surface area contributed by atoms with Crippen LogP contribution in [0, 0.1) is 5.82 Å². The number of nitrogens with zero attached hydrogens (tertiary/aromatic N) is 3. The molecule has 4 heterocycles. The monoisotopic (exact) mass is 481 g/mol. The summed E-state index contributed by atoms with van der Waals surface area (Å²) in [6.45, 7) is 1.32. The predicted molar refractivity (Wildman–Crippen MR) is 126 cm³/mol. The Bertz CT molecular complexity index is 1370. The van der Waals surface area contributed by atoms with Crippen molar-refractivity contribution in [3.8, 4) is 5.75 Å². The van der Waals surface area contributed by atoms with Gasteiger partial charge in [-0.3, -0.25) is 19.5 Å². The molecule has 0 unspecified atom stereocenters. The van der Waals surface area contributed by atoms with E-state index in [9.17, 15) is 18.8 Å². The number of ether oxygens (including phenoxy) is 2. The van der Waals surface area contributed by atoms with Gasteiger partial charge in [-0.1, -0.05) is 0 Å². The number of aryl methyl sites for hydroxylation is 2. The Hall–Kier alpha value is -3.99. The summed E-state index contributed by atoms with van der Waals surface area (Å²) in [6.07, 6.45) is 1.40. The molecule has 0 radical (unpaired) electrons. The summed E-state index contributed by atoms with van der Waals surface area (Å²) in [6, 6.07) is 8.15. The van der Waals surface area contributed by atoms with Crippen LogP contribution in [0.25, 0.3) is 11.0 Å². The molecular formula is C24H24FN5O5. The summed E-state index contributed by atoms with van der Waals surface area (Å²) < 4.78 is 26.7. The molecule has 2 aromatic heterocycles. The fraction of sp³-hybridized carbons (Fsp3) is 0.333. The smallest absolute Gasteiger partial charge is 0.414 e. The Balaban J connectivity index is 1.15. The lowest BCUT2D eigenvalue weighted by atomic mass is 10.1. The van der Waals surface area contributed by atoms with Gasteiger partial charge in [-0.05, 0) is 43.7 Å². The minimum Gasteiger partial charge on any atom is -0.482 e. The van der Waals surface area contributed by atoms with E-state index in [2.05, 4.69) is 15.6 Å². The standard InChI is InChI=1S/C24H24FN5O5/c1-29-22(32)7-5-18-23(29)16(17(25)11-27-18)3-2-8-26-10-15-12-30(24(33)35-15)14-4-6-20-19(9-14)28-21(31)13-34-20/h4-7,9,11,15,26H,2-3,8,10,12-13H2,1H3,(H,28,31)/t15-/m0/s1. The average molecular weight is 481 g/mol. The summed E-state index contributed by atoms with van der Waals surface area (Å²) >= 11 is 0. The molecule has 35 heavy (non-hydrogen) atoms. The Kier molecular flexibility index (Phi) is 6.08. The molecule has 182 valence electrons. The van der Waals surface area contributed by atoms with Crippen molar-refractivity contribution in [2.75, 3.05) is 36.5 Å². The second-order valence-corrected chi connectivity index (χ2v) is 8.49. The lowest BCUT2D eigenvalue weighted by Gasteiger charge is -2.20. The summed E-state index contributed by atoms with van der Waals surface area (Å²) in [7, 11) is 1.61. The van der Waals surface area contributed by atoms with E-state index in [1.54, 1.807) is 31.3 Å². The number of carbonyl (C=O) groups is 2. The van der Waals surface area contributed by atoms with Gasteiger partial charge in [-0.2, -0.15) is 0 Å². The Morgan fingerprint density at radius 3 is 2.94 bits per heavy atom. The maximum Gasteiger partial charge on any atom is 0.414 e. The molecule has 1 fully saturated rings. The van der Waals surface area contributed by atoms with Crippen LogP contribution < -0.4 is 25.8 Å². The third-order valence-electron chi connectivity index (χ3n) is 6.12. The third kappa shape index (κ3) is 4.54. The molecule has 2 amide bonds. The molecular weight excluding hydrogens is 457 g/mol. The number of pyridine rings is 2. The fourth-order valence-corrected chi connectivity index (χ4v) is 4.37. The van der Waals surface area contributed by atoms with Crippen molar-refractivity contribution in [1.29, 1.82) is 0 Å². The molecule has 2 aliphatic rings. The number of nitrogens with one attached hydrogen (secondary N) is 2. The number of cyclic esters (lactones) is 1. The van der Waals surface area contributed by atoms with Crippen molar-refractivity contribution in [2.24, 2.45) is 7.05 Å². The van der Waals surface area contributed by atoms with Crippen LogP contribution in [0.2, 0.25) is 0 Å². The molecule has 5 rings (SSSR count). The molecule has 0 aliphatic carbocycles. The van der Waals surface area contributed by atoms with Crippen molar-refractivity contribution < 1.29 is 23.5 Å². The summed E-state index contributed by atoms with van der Waals surface area (Å²) in [5.74, 6) is -0.133. The van der Waals surface area contributed by atoms with E-state index < -0.39 is 11.9 Å². The van der Waals surface area contributed by atoms with Gasteiger partial charge in [0, 0.05) is 30.9 Å². The first-order valence-electron chi connectivity index (χ1n) is 11.3. The number of benzene rings is 1.